The molecule has 0 saturated carbocycles. The molecule has 7 heteroatoms. The molecule has 0 aliphatic rings. The molecule has 0 spiro atoms. The number of hydrogen-bond donors (Lipinski definition) is 0. The molecule has 0 unspecified atom stereocenters. The highest BCUT2D eigenvalue weighted by Crippen LogP contribution is 2.34. The number of para-hydroxylation sites is 1. The van der Waals surface area contributed by atoms with Gasteiger partial charge in [0.1, 0.15) is 11.5 Å². The molecule has 0 bridgehead atoms. The molecule has 0 fully saturated rings. The number of benzene rings is 3. The van der Waals surface area contributed by atoms with E-state index in [-0.39, 0.29) is 16.9 Å². The zero-order chi connectivity index (χ0) is 29.9. The van der Waals surface area contributed by atoms with Gasteiger partial charge in [0, 0.05) is 37.0 Å². The molecule has 0 saturated heterocycles. The standard InChI is InChI=1S/C34H42N4O3/c1-10-40-31-17-23(4)28(19-27(31)22(2)3)32-36-29-14-12-11-13-26(29)33(39)38(32)35-20-24-15-16-25(37(8)9)18-30(24)41-21-34(5,6)7/h11-20,22H,10,21H2,1-9H3. The molecule has 4 aromatic rings. The van der Waals surface area contributed by atoms with Crippen molar-refractivity contribution in [2.45, 2.75) is 54.4 Å². The second-order valence-electron chi connectivity index (χ2n) is 12.1. The summed E-state index contributed by atoms with van der Waals surface area (Å²) in [5.41, 5.74) is 5.01. The van der Waals surface area contributed by atoms with Gasteiger partial charge in [-0.25, -0.2) is 4.98 Å². The highest BCUT2D eigenvalue weighted by molar-refractivity contribution is 5.85. The Morgan fingerprint density at radius 3 is 2.41 bits per heavy atom. The van der Waals surface area contributed by atoms with Crippen LogP contribution in [0.5, 0.6) is 11.5 Å². The van der Waals surface area contributed by atoms with Gasteiger partial charge in [-0.05, 0) is 72.7 Å². The van der Waals surface area contributed by atoms with Crippen LogP contribution in [0.3, 0.4) is 0 Å². The Kier molecular flexibility index (Phi) is 8.86. The number of anilines is 1. The Hall–Kier alpha value is -4.13. The summed E-state index contributed by atoms with van der Waals surface area (Å²) in [4.78, 5) is 20.9. The van der Waals surface area contributed by atoms with Crippen molar-refractivity contribution in [2.24, 2.45) is 10.5 Å². The lowest BCUT2D eigenvalue weighted by molar-refractivity contribution is 0.198. The second-order valence-corrected chi connectivity index (χ2v) is 12.1. The number of rotatable bonds is 9. The first kappa shape index (κ1) is 29.8. The molecule has 0 N–H and O–H groups in total. The maximum Gasteiger partial charge on any atom is 0.282 e. The van der Waals surface area contributed by atoms with Crippen molar-refractivity contribution in [3.8, 4) is 22.9 Å². The van der Waals surface area contributed by atoms with Gasteiger partial charge in [0.25, 0.3) is 5.56 Å². The van der Waals surface area contributed by atoms with Crippen LogP contribution in [0.4, 0.5) is 5.69 Å². The Labute approximate surface area is 243 Å². The van der Waals surface area contributed by atoms with E-state index in [0.717, 1.165) is 33.7 Å². The van der Waals surface area contributed by atoms with E-state index in [0.29, 0.717) is 35.7 Å². The third kappa shape index (κ3) is 6.79. The van der Waals surface area contributed by atoms with Crippen LogP contribution in [0.25, 0.3) is 22.3 Å². The first-order valence-electron chi connectivity index (χ1n) is 14.2. The van der Waals surface area contributed by atoms with E-state index < -0.39 is 0 Å². The minimum absolute atomic E-state index is 0.0196. The molecule has 3 aromatic carbocycles. The average molecular weight is 555 g/mol. The summed E-state index contributed by atoms with van der Waals surface area (Å²) in [6.45, 7) is 15.8. The number of aryl methyl sites for hydroxylation is 1. The Morgan fingerprint density at radius 2 is 1.76 bits per heavy atom. The van der Waals surface area contributed by atoms with Gasteiger partial charge in [-0.2, -0.15) is 9.78 Å². The van der Waals surface area contributed by atoms with Gasteiger partial charge in [0.15, 0.2) is 5.82 Å². The number of aromatic nitrogens is 2. The molecular formula is C34H42N4O3. The minimum Gasteiger partial charge on any atom is -0.494 e. The molecule has 1 aromatic heterocycles. The summed E-state index contributed by atoms with van der Waals surface area (Å²) in [6.07, 6.45) is 1.69. The van der Waals surface area contributed by atoms with Crippen LogP contribution >= 0.6 is 0 Å². The third-order valence-electron chi connectivity index (χ3n) is 6.76. The summed E-state index contributed by atoms with van der Waals surface area (Å²) in [6, 6.07) is 17.5. The summed E-state index contributed by atoms with van der Waals surface area (Å²) in [7, 11) is 3.99. The van der Waals surface area contributed by atoms with E-state index in [1.165, 1.54) is 4.68 Å². The maximum absolute atomic E-state index is 13.9. The van der Waals surface area contributed by atoms with E-state index >= 15 is 0 Å². The van der Waals surface area contributed by atoms with Crippen molar-refractivity contribution in [2.75, 3.05) is 32.2 Å². The van der Waals surface area contributed by atoms with Gasteiger partial charge >= 0.3 is 0 Å². The van der Waals surface area contributed by atoms with Gasteiger partial charge in [-0.1, -0.05) is 46.8 Å². The van der Waals surface area contributed by atoms with Gasteiger partial charge in [-0.15, -0.1) is 0 Å². The van der Waals surface area contributed by atoms with Crippen molar-refractivity contribution in [3.05, 3.63) is 81.6 Å². The van der Waals surface area contributed by atoms with Gasteiger partial charge in [0.2, 0.25) is 0 Å². The van der Waals surface area contributed by atoms with E-state index in [2.05, 4.69) is 40.7 Å². The van der Waals surface area contributed by atoms with Crippen molar-refractivity contribution >= 4 is 22.8 Å². The maximum atomic E-state index is 13.9. The molecule has 0 radical (unpaired) electrons. The minimum atomic E-state index is -0.233. The van der Waals surface area contributed by atoms with E-state index in [1.807, 2.05) is 75.3 Å². The smallest absolute Gasteiger partial charge is 0.282 e. The fourth-order valence-electron chi connectivity index (χ4n) is 4.52. The molecule has 7 nitrogen and oxygen atoms in total. The molecule has 0 aliphatic carbocycles. The Morgan fingerprint density at radius 1 is 1.02 bits per heavy atom. The lowest BCUT2D eigenvalue weighted by Crippen LogP contribution is -2.21. The first-order valence-corrected chi connectivity index (χ1v) is 14.2. The molecule has 0 aliphatic heterocycles. The van der Waals surface area contributed by atoms with Crippen LogP contribution in [0, 0.1) is 12.3 Å². The molecule has 1 heterocycles. The van der Waals surface area contributed by atoms with Gasteiger partial charge < -0.3 is 14.4 Å². The van der Waals surface area contributed by atoms with Crippen molar-refractivity contribution in [1.82, 2.24) is 9.66 Å². The SMILES string of the molecule is CCOc1cc(C)c(-c2nc3ccccc3c(=O)n2N=Cc2ccc(N(C)C)cc2OCC(C)(C)C)cc1C(C)C. The van der Waals surface area contributed by atoms with Gasteiger partial charge in [-0.3, -0.25) is 4.79 Å². The van der Waals surface area contributed by atoms with E-state index in [9.17, 15) is 4.79 Å². The highest BCUT2D eigenvalue weighted by atomic mass is 16.5. The molecule has 0 amide bonds. The second kappa shape index (κ2) is 12.2. The predicted octanol–water partition coefficient (Wildman–Crippen LogP) is 7.27. The zero-order valence-corrected chi connectivity index (χ0v) is 25.8. The summed E-state index contributed by atoms with van der Waals surface area (Å²) >= 11 is 0. The summed E-state index contributed by atoms with van der Waals surface area (Å²) < 4.78 is 13.6. The van der Waals surface area contributed by atoms with Crippen LogP contribution in [0.15, 0.2) is 64.5 Å². The Bertz CT molecular complexity index is 1630. The largest absolute Gasteiger partial charge is 0.494 e. The Balaban J connectivity index is 1.92. The fraction of sp³-hybridized carbons (Fsp3) is 0.382. The molecule has 4 rings (SSSR count). The number of ether oxygens (including phenoxy) is 2. The highest BCUT2D eigenvalue weighted by Gasteiger charge is 2.19. The number of fused-ring (bicyclic) bond motifs is 1. The molecule has 41 heavy (non-hydrogen) atoms. The normalized spacial score (nSPS) is 12.0. The lowest BCUT2D eigenvalue weighted by Gasteiger charge is -2.21. The van der Waals surface area contributed by atoms with Gasteiger partial charge in [0.05, 0.1) is 30.3 Å². The van der Waals surface area contributed by atoms with Crippen LogP contribution in [-0.2, 0) is 0 Å². The van der Waals surface area contributed by atoms with Crippen molar-refractivity contribution < 1.29 is 9.47 Å². The van der Waals surface area contributed by atoms with Crippen LogP contribution in [-0.4, -0.2) is 43.2 Å². The van der Waals surface area contributed by atoms with Crippen LogP contribution < -0.4 is 19.9 Å². The zero-order valence-electron chi connectivity index (χ0n) is 25.8. The summed E-state index contributed by atoms with van der Waals surface area (Å²) in [5, 5.41) is 5.26. The summed E-state index contributed by atoms with van der Waals surface area (Å²) in [5.74, 6) is 2.26. The molecule has 216 valence electrons. The van der Waals surface area contributed by atoms with Crippen molar-refractivity contribution in [1.29, 1.82) is 0 Å². The molecule has 0 atom stereocenters. The van der Waals surface area contributed by atoms with E-state index in [4.69, 9.17) is 19.6 Å². The quantitative estimate of drug-likeness (QED) is 0.204. The number of nitrogens with zero attached hydrogens (tertiary/aromatic N) is 4. The third-order valence-corrected chi connectivity index (χ3v) is 6.76. The molecular weight excluding hydrogens is 512 g/mol. The predicted molar refractivity (Wildman–Crippen MR) is 170 cm³/mol. The first-order chi connectivity index (χ1) is 19.4. The monoisotopic (exact) mass is 554 g/mol. The van der Waals surface area contributed by atoms with Crippen molar-refractivity contribution in [3.63, 3.8) is 0 Å². The van der Waals surface area contributed by atoms with E-state index in [1.54, 1.807) is 12.3 Å². The lowest BCUT2D eigenvalue weighted by atomic mass is 9.96. The fourth-order valence-corrected chi connectivity index (χ4v) is 4.52. The van der Waals surface area contributed by atoms with Crippen LogP contribution in [0.1, 0.15) is 64.2 Å². The topological polar surface area (TPSA) is 69.0 Å². The van der Waals surface area contributed by atoms with Crippen LogP contribution in [0.2, 0.25) is 0 Å². The number of hydrogen-bond acceptors (Lipinski definition) is 6. The average Bonchev–Trinajstić information content (AvgIpc) is 2.91.